The van der Waals surface area contributed by atoms with Gasteiger partial charge in [-0.25, -0.2) is 0 Å². The van der Waals surface area contributed by atoms with E-state index in [0.29, 0.717) is 0 Å². The second-order valence-electron chi connectivity index (χ2n) is 0. The van der Waals surface area contributed by atoms with Crippen LogP contribution in [0.3, 0.4) is 0 Å². The van der Waals surface area contributed by atoms with Crippen molar-refractivity contribution in [2.45, 2.75) is 0 Å². The highest BCUT2D eigenvalue weighted by Gasteiger charge is -0.142. The largest absolute Gasteiger partial charge is 0.344 e. The number of hydrogen-bond acceptors (Lipinski definition) is 1. The topological polar surface area (TPSA) is 35.0 Å². The van der Waals surface area contributed by atoms with E-state index in [1.807, 2.05) is 0 Å². The molecule has 0 unspecified atom stereocenters. The molecule has 0 rings (SSSR count). The molecule has 0 heterocycles. The van der Waals surface area contributed by atoms with Crippen molar-refractivity contribution in [3.8, 4) is 0 Å². The van der Waals surface area contributed by atoms with Crippen LogP contribution < -0.4 is 6.15 Å². The summed E-state index contributed by atoms with van der Waals surface area (Å²) in [6.07, 6.45) is 0. The molecule has 7 heavy (non-hydrogen) atoms. The first kappa shape index (κ1) is 178. The lowest BCUT2D eigenvalue weighted by atomic mass is 14.0. The van der Waals surface area contributed by atoms with Gasteiger partial charge >= 0.3 is 0 Å². The van der Waals surface area contributed by atoms with Crippen LogP contribution in [0.5, 0.6) is 0 Å². The highest BCUT2D eigenvalue weighted by atomic mass is 35.5. The highest BCUT2D eigenvalue weighted by molar-refractivity contribution is 5.86. The van der Waals surface area contributed by atoms with Gasteiger partial charge in [-0.15, -0.1) is 74.4 Å². The molecular weight excluding hydrogens is 227 g/mol. The van der Waals surface area contributed by atoms with E-state index in [-0.39, 0.29) is 80.6 Å². The Kier molecular flexibility index (Phi) is 3050. The van der Waals surface area contributed by atoms with Gasteiger partial charge in [0.05, 0.1) is 0 Å². The van der Waals surface area contributed by atoms with Crippen molar-refractivity contribution in [2.24, 2.45) is 0 Å². The fraction of sp³-hybridized carbons (Fsp3) is 0. The van der Waals surface area contributed by atoms with Gasteiger partial charge in [0, 0.05) is 0 Å². The fourth-order valence-corrected chi connectivity index (χ4v) is 0. The van der Waals surface area contributed by atoms with Gasteiger partial charge < -0.3 is 6.15 Å². The molecule has 0 aliphatic carbocycles. The summed E-state index contributed by atoms with van der Waals surface area (Å²) in [4.78, 5) is 0. The van der Waals surface area contributed by atoms with Crippen LogP contribution in [0.25, 0.3) is 0 Å². The zero-order valence-electron chi connectivity index (χ0n) is 3.16. The van der Waals surface area contributed by atoms with Crippen LogP contribution in [0.1, 0.15) is 0 Å². The highest BCUT2D eigenvalue weighted by Crippen LogP contribution is 0.695. The lowest BCUT2D eigenvalue weighted by molar-refractivity contribution is 2.13. The molecule has 0 aliphatic rings. The summed E-state index contributed by atoms with van der Waals surface area (Å²) in [6.45, 7) is 0. The van der Waals surface area contributed by atoms with Gasteiger partial charge in [-0.1, -0.05) is 0 Å². The normalized spacial score (nSPS) is 0. The van der Waals surface area contributed by atoms with Gasteiger partial charge in [0.1, 0.15) is 0 Å². The third kappa shape index (κ3) is 86.6. The van der Waals surface area contributed by atoms with E-state index < -0.39 is 0 Å². The second-order valence-corrected chi connectivity index (χ2v) is 0. The Balaban J connectivity index is 0. The molecule has 0 radical (unpaired) electrons. The molecule has 0 amide bonds. The zero-order chi connectivity index (χ0) is 0. The molecular formula is H9Cl6N. The molecule has 0 saturated carbocycles. The number of hydrogen-bond donors (Lipinski definition) is 1. The second kappa shape index (κ2) is 120. The van der Waals surface area contributed by atoms with Crippen molar-refractivity contribution in [3.05, 3.63) is 0 Å². The first-order valence-electron chi connectivity index (χ1n) is 0. The number of halogens is 6. The van der Waals surface area contributed by atoms with Crippen molar-refractivity contribution in [1.29, 1.82) is 0 Å². The predicted molar refractivity (Wildman–Crippen MR) is 48.5 cm³/mol. The maximum absolute atomic E-state index is 0. The Labute approximate surface area is 80.4 Å². The van der Waals surface area contributed by atoms with E-state index in [1.54, 1.807) is 0 Å². The van der Waals surface area contributed by atoms with E-state index >= 15 is 0 Å². The van der Waals surface area contributed by atoms with E-state index in [0.717, 1.165) is 0 Å². The van der Waals surface area contributed by atoms with E-state index in [9.17, 15) is 0 Å². The lowest BCUT2D eigenvalue weighted by Gasteiger charge is -0.344. The SMILES string of the molecule is Cl.Cl.Cl.Cl.Cl.Cl.N. The van der Waals surface area contributed by atoms with Gasteiger partial charge in [-0.2, -0.15) is 0 Å². The average Bonchev–Trinajstić information content (AvgIpc) is 0. The Morgan fingerprint density at radius 3 is 0.286 bits per heavy atom. The van der Waals surface area contributed by atoms with E-state index in [2.05, 4.69) is 0 Å². The van der Waals surface area contributed by atoms with Crippen LogP contribution in [0, 0.1) is 0 Å². The predicted octanol–water partition coefficient (Wildman–Crippen LogP) is 2.69. The summed E-state index contributed by atoms with van der Waals surface area (Å²) in [5.74, 6) is 0. The van der Waals surface area contributed by atoms with Crippen molar-refractivity contribution in [1.82, 2.24) is 6.15 Å². The molecule has 0 saturated heterocycles. The monoisotopic (exact) mass is 233 g/mol. The first-order chi connectivity index (χ1) is 0. The quantitative estimate of drug-likeness (QED) is 0.689. The maximum Gasteiger partial charge on any atom is -0.147 e. The standard InChI is InChI=1S/6ClH.H3N/h6*1H;1H3. The molecule has 7 heteroatoms. The lowest BCUT2D eigenvalue weighted by Crippen LogP contribution is -0.481. The summed E-state index contributed by atoms with van der Waals surface area (Å²) in [7, 11) is 0. The van der Waals surface area contributed by atoms with Crippen LogP contribution in [0.4, 0.5) is 0 Å². The molecule has 1 nitrogen and oxygen atoms in total. The fourth-order valence-electron chi connectivity index (χ4n) is 0. The summed E-state index contributed by atoms with van der Waals surface area (Å²) in [6, 6.07) is 0. The Hall–Kier alpha value is 1.70. The average molecular weight is 236 g/mol. The van der Waals surface area contributed by atoms with Crippen LogP contribution in [-0.2, 0) is 0 Å². The third-order valence-electron chi connectivity index (χ3n) is 0. The Bertz CT molecular complexity index is 4.14. The van der Waals surface area contributed by atoms with Gasteiger partial charge in [0.15, 0.2) is 0 Å². The number of rotatable bonds is 0. The van der Waals surface area contributed by atoms with Gasteiger partial charge in [-0.05, 0) is 0 Å². The van der Waals surface area contributed by atoms with E-state index in [1.165, 1.54) is 0 Å². The molecule has 0 atom stereocenters. The Morgan fingerprint density at radius 1 is 0.286 bits per heavy atom. The summed E-state index contributed by atoms with van der Waals surface area (Å²) in [5, 5.41) is 0. The summed E-state index contributed by atoms with van der Waals surface area (Å²) < 4.78 is 0. The minimum absolute atomic E-state index is 0. The molecule has 0 bridgehead atoms. The maximum atomic E-state index is 0. The summed E-state index contributed by atoms with van der Waals surface area (Å²) in [5.41, 5.74) is 0. The minimum atomic E-state index is 0. The van der Waals surface area contributed by atoms with Gasteiger partial charge in [0.2, 0.25) is 0 Å². The molecule has 0 aromatic heterocycles. The smallest absolute Gasteiger partial charge is 0.147 e. The molecule has 56 valence electrons. The van der Waals surface area contributed by atoms with E-state index in [4.69, 9.17) is 0 Å². The van der Waals surface area contributed by atoms with Gasteiger partial charge in [0.25, 0.3) is 0 Å². The van der Waals surface area contributed by atoms with Crippen molar-refractivity contribution in [2.75, 3.05) is 0 Å². The molecule has 0 aromatic carbocycles. The molecule has 3 N–H and O–H groups in total. The molecule has 0 aromatic rings. The summed E-state index contributed by atoms with van der Waals surface area (Å²) >= 11 is 0. The van der Waals surface area contributed by atoms with Crippen molar-refractivity contribution in [3.63, 3.8) is 0 Å². The zero-order valence-corrected chi connectivity index (χ0v) is 8.06. The molecule has 0 fully saturated rings. The van der Waals surface area contributed by atoms with Crippen LogP contribution >= 0.6 is 74.4 Å². The van der Waals surface area contributed by atoms with Crippen molar-refractivity contribution < 1.29 is 0 Å². The minimum Gasteiger partial charge on any atom is -0.344 e. The van der Waals surface area contributed by atoms with Crippen molar-refractivity contribution >= 4 is 74.4 Å². The van der Waals surface area contributed by atoms with Crippen LogP contribution in [-0.4, -0.2) is 0 Å². The first-order valence-corrected chi connectivity index (χ1v) is 0. The third-order valence-corrected chi connectivity index (χ3v) is 0. The van der Waals surface area contributed by atoms with Gasteiger partial charge in [-0.3, -0.25) is 0 Å². The van der Waals surface area contributed by atoms with Crippen LogP contribution in [0.15, 0.2) is 0 Å². The molecule has 0 aliphatic heterocycles. The Morgan fingerprint density at radius 2 is 0.286 bits per heavy atom. The molecule has 0 spiro atoms. The van der Waals surface area contributed by atoms with Crippen LogP contribution in [0.2, 0.25) is 0 Å².